The molecule has 0 bridgehead atoms. The molecule has 0 atom stereocenters. The number of rotatable bonds is 4. The lowest BCUT2D eigenvalue weighted by Gasteiger charge is -2.26. The number of hydrogen-bond acceptors (Lipinski definition) is 3. The van der Waals surface area contributed by atoms with Gasteiger partial charge in [-0.05, 0) is 24.3 Å². The Kier molecular flexibility index (Phi) is 4.39. The Morgan fingerprint density at radius 1 is 1.35 bits per heavy atom. The molecular weight excluding hydrogens is 286 g/mol. The fraction of sp³-hybridized carbons (Fsp3) is 0.417. The molecule has 1 aromatic rings. The number of carbonyl (C=O) groups is 1. The number of benzene rings is 1. The minimum Gasteiger partial charge on any atom is -0.492 e. The van der Waals surface area contributed by atoms with Crippen LogP contribution in [0, 0.1) is 0 Å². The standard InChI is InChI=1S/C12H14BrNO3/c13-10-1-3-11(4-2-10)17-8-6-14-5-7-16-9-12(14)15/h1-4H,5-9H2. The van der Waals surface area contributed by atoms with Gasteiger partial charge in [0.15, 0.2) is 0 Å². The highest BCUT2D eigenvalue weighted by atomic mass is 79.9. The van der Waals surface area contributed by atoms with Crippen LogP contribution in [0.1, 0.15) is 0 Å². The van der Waals surface area contributed by atoms with Gasteiger partial charge in [-0.1, -0.05) is 15.9 Å². The van der Waals surface area contributed by atoms with Crippen LogP contribution in [0.5, 0.6) is 5.75 Å². The number of carbonyl (C=O) groups excluding carboxylic acids is 1. The Labute approximate surface area is 109 Å². The normalized spacial score (nSPS) is 16.1. The first-order valence-corrected chi connectivity index (χ1v) is 6.29. The molecule has 1 fully saturated rings. The second kappa shape index (κ2) is 6.02. The number of morpholine rings is 1. The van der Waals surface area contributed by atoms with E-state index in [9.17, 15) is 4.79 Å². The maximum atomic E-state index is 11.4. The van der Waals surface area contributed by atoms with Crippen LogP contribution in [0.3, 0.4) is 0 Å². The highest BCUT2D eigenvalue weighted by Gasteiger charge is 2.17. The van der Waals surface area contributed by atoms with Gasteiger partial charge in [-0.3, -0.25) is 4.79 Å². The predicted octanol–water partition coefficient (Wildman–Crippen LogP) is 1.69. The van der Waals surface area contributed by atoms with Crippen molar-refractivity contribution in [2.24, 2.45) is 0 Å². The van der Waals surface area contributed by atoms with Crippen molar-refractivity contribution >= 4 is 21.8 Å². The molecule has 4 nitrogen and oxygen atoms in total. The van der Waals surface area contributed by atoms with Crippen molar-refractivity contribution in [3.63, 3.8) is 0 Å². The monoisotopic (exact) mass is 299 g/mol. The molecule has 0 unspecified atom stereocenters. The molecule has 0 saturated carbocycles. The van der Waals surface area contributed by atoms with E-state index < -0.39 is 0 Å². The molecule has 5 heteroatoms. The Bertz CT molecular complexity index is 380. The molecule has 92 valence electrons. The van der Waals surface area contributed by atoms with Crippen molar-refractivity contribution in [2.45, 2.75) is 0 Å². The first-order chi connectivity index (χ1) is 8.25. The van der Waals surface area contributed by atoms with Crippen molar-refractivity contribution in [2.75, 3.05) is 32.9 Å². The summed E-state index contributed by atoms with van der Waals surface area (Å²) in [7, 11) is 0. The topological polar surface area (TPSA) is 38.8 Å². The molecule has 0 N–H and O–H groups in total. The third kappa shape index (κ3) is 3.71. The second-order valence-electron chi connectivity index (χ2n) is 3.74. The minimum absolute atomic E-state index is 0.0376. The van der Waals surface area contributed by atoms with E-state index in [1.165, 1.54) is 0 Å². The van der Waals surface area contributed by atoms with Gasteiger partial charge in [0.1, 0.15) is 19.0 Å². The Balaban J connectivity index is 1.75. The lowest BCUT2D eigenvalue weighted by Crippen LogP contribution is -2.43. The summed E-state index contributed by atoms with van der Waals surface area (Å²) in [4.78, 5) is 13.2. The van der Waals surface area contributed by atoms with E-state index in [0.29, 0.717) is 26.3 Å². The van der Waals surface area contributed by atoms with Gasteiger partial charge in [0.05, 0.1) is 13.2 Å². The number of amides is 1. The van der Waals surface area contributed by atoms with Crippen molar-refractivity contribution < 1.29 is 14.3 Å². The Hall–Kier alpha value is -1.07. The quantitative estimate of drug-likeness (QED) is 0.849. The van der Waals surface area contributed by atoms with Gasteiger partial charge in [-0.15, -0.1) is 0 Å². The van der Waals surface area contributed by atoms with Crippen LogP contribution in [-0.2, 0) is 9.53 Å². The van der Waals surface area contributed by atoms with Crippen LogP contribution in [0.15, 0.2) is 28.7 Å². The van der Waals surface area contributed by atoms with E-state index in [0.717, 1.165) is 10.2 Å². The average Bonchev–Trinajstić information content (AvgIpc) is 2.34. The van der Waals surface area contributed by atoms with E-state index in [1.54, 1.807) is 4.90 Å². The SMILES string of the molecule is O=C1COCCN1CCOc1ccc(Br)cc1. The van der Waals surface area contributed by atoms with Gasteiger partial charge in [0.25, 0.3) is 0 Å². The zero-order valence-electron chi connectivity index (χ0n) is 9.39. The summed E-state index contributed by atoms with van der Waals surface area (Å²) in [6.07, 6.45) is 0. The number of hydrogen-bond donors (Lipinski definition) is 0. The summed E-state index contributed by atoms with van der Waals surface area (Å²) in [6, 6.07) is 7.64. The van der Waals surface area contributed by atoms with Gasteiger partial charge in [0.2, 0.25) is 5.91 Å². The first kappa shape index (κ1) is 12.4. The Morgan fingerprint density at radius 2 is 2.12 bits per heavy atom. The van der Waals surface area contributed by atoms with Crippen molar-refractivity contribution in [3.8, 4) is 5.75 Å². The zero-order chi connectivity index (χ0) is 12.1. The van der Waals surface area contributed by atoms with Crippen molar-refractivity contribution in [3.05, 3.63) is 28.7 Å². The smallest absolute Gasteiger partial charge is 0.248 e. The van der Waals surface area contributed by atoms with Gasteiger partial charge >= 0.3 is 0 Å². The summed E-state index contributed by atoms with van der Waals surface area (Å²) >= 11 is 3.36. The summed E-state index contributed by atoms with van der Waals surface area (Å²) in [5.41, 5.74) is 0. The summed E-state index contributed by atoms with van der Waals surface area (Å²) in [6.45, 7) is 2.58. The number of nitrogens with zero attached hydrogens (tertiary/aromatic N) is 1. The van der Waals surface area contributed by atoms with Crippen LogP contribution >= 0.6 is 15.9 Å². The molecule has 0 aliphatic carbocycles. The molecule has 0 spiro atoms. The van der Waals surface area contributed by atoms with E-state index in [2.05, 4.69) is 15.9 Å². The van der Waals surface area contributed by atoms with Gasteiger partial charge < -0.3 is 14.4 Å². The lowest BCUT2D eigenvalue weighted by atomic mass is 10.3. The second-order valence-corrected chi connectivity index (χ2v) is 4.65. The van der Waals surface area contributed by atoms with E-state index in [4.69, 9.17) is 9.47 Å². The van der Waals surface area contributed by atoms with Crippen LogP contribution in [0.2, 0.25) is 0 Å². The molecule has 1 saturated heterocycles. The summed E-state index contributed by atoms with van der Waals surface area (Å²) in [5.74, 6) is 0.851. The number of halogens is 1. The maximum Gasteiger partial charge on any atom is 0.248 e. The van der Waals surface area contributed by atoms with E-state index in [1.807, 2.05) is 24.3 Å². The van der Waals surface area contributed by atoms with Gasteiger partial charge in [-0.2, -0.15) is 0 Å². The van der Waals surface area contributed by atoms with Crippen molar-refractivity contribution in [1.29, 1.82) is 0 Å². The molecule has 1 heterocycles. The average molecular weight is 300 g/mol. The molecule has 1 aliphatic rings. The minimum atomic E-state index is 0.0376. The van der Waals surface area contributed by atoms with Crippen LogP contribution < -0.4 is 4.74 Å². The van der Waals surface area contributed by atoms with E-state index >= 15 is 0 Å². The number of ether oxygens (including phenoxy) is 2. The van der Waals surface area contributed by atoms with Gasteiger partial charge in [-0.25, -0.2) is 0 Å². The first-order valence-electron chi connectivity index (χ1n) is 5.49. The highest BCUT2D eigenvalue weighted by molar-refractivity contribution is 9.10. The molecule has 1 aliphatic heterocycles. The van der Waals surface area contributed by atoms with Crippen LogP contribution in [-0.4, -0.2) is 43.7 Å². The van der Waals surface area contributed by atoms with Crippen molar-refractivity contribution in [1.82, 2.24) is 4.90 Å². The van der Waals surface area contributed by atoms with Gasteiger partial charge in [0, 0.05) is 11.0 Å². The predicted molar refractivity (Wildman–Crippen MR) is 67.0 cm³/mol. The lowest BCUT2D eigenvalue weighted by molar-refractivity contribution is -0.143. The fourth-order valence-electron chi connectivity index (χ4n) is 1.59. The molecule has 2 rings (SSSR count). The maximum absolute atomic E-state index is 11.4. The zero-order valence-corrected chi connectivity index (χ0v) is 11.0. The molecule has 1 amide bonds. The summed E-state index contributed by atoms with van der Waals surface area (Å²) < 4.78 is 11.6. The summed E-state index contributed by atoms with van der Waals surface area (Å²) in [5, 5.41) is 0. The third-order valence-electron chi connectivity index (χ3n) is 2.53. The highest BCUT2D eigenvalue weighted by Crippen LogP contribution is 2.16. The van der Waals surface area contributed by atoms with Crippen LogP contribution in [0.25, 0.3) is 0 Å². The molecule has 0 radical (unpaired) electrons. The van der Waals surface area contributed by atoms with Crippen LogP contribution in [0.4, 0.5) is 0 Å². The molecule has 17 heavy (non-hydrogen) atoms. The fourth-order valence-corrected chi connectivity index (χ4v) is 1.86. The Morgan fingerprint density at radius 3 is 2.82 bits per heavy atom. The largest absolute Gasteiger partial charge is 0.492 e. The molecule has 1 aromatic carbocycles. The third-order valence-corrected chi connectivity index (χ3v) is 3.06. The van der Waals surface area contributed by atoms with E-state index in [-0.39, 0.29) is 12.5 Å². The molecule has 0 aromatic heterocycles. The molecular formula is C12H14BrNO3.